The first-order valence-electron chi connectivity index (χ1n) is 9.57. The van der Waals surface area contributed by atoms with E-state index in [0.717, 1.165) is 35.0 Å². The summed E-state index contributed by atoms with van der Waals surface area (Å²) in [6.07, 6.45) is 0.586. The molecule has 0 bridgehead atoms. The quantitative estimate of drug-likeness (QED) is 0.455. The normalized spacial score (nSPS) is 11.7. The summed E-state index contributed by atoms with van der Waals surface area (Å²) in [6, 6.07) is 7.38. The fourth-order valence-electron chi connectivity index (χ4n) is 2.94. The molecule has 0 aliphatic rings. The number of aromatic nitrogens is 4. The Morgan fingerprint density at radius 3 is 2.79 bits per heavy atom. The van der Waals surface area contributed by atoms with Crippen molar-refractivity contribution in [2.24, 2.45) is 12.0 Å². The van der Waals surface area contributed by atoms with Crippen molar-refractivity contribution in [2.45, 2.75) is 33.7 Å². The molecule has 2 heterocycles. The van der Waals surface area contributed by atoms with Gasteiger partial charge in [0, 0.05) is 48.4 Å². The third-order valence-corrected chi connectivity index (χ3v) is 4.82. The number of aliphatic imine (C=N–C) groups is 1. The predicted molar refractivity (Wildman–Crippen MR) is 114 cm³/mol. The monoisotopic (exact) mass is 415 g/mol. The summed E-state index contributed by atoms with van der Waals surface area (Å²) in [5.41, 5.74) is 4.11. The molecule has 0 aliphatic carbocycles. The molecule has 29 heavy (non-hydrogen) atoms. The lowest BCUT2D eigenvalue weighted by atomic mass is 10.2. The van der Waals surface area contributed by atoms with E-state index in [1.807, 2.05) is 49.8 Å². The molecule has 8 nitrogen and oxygen atoms in total. The lowest BCUT2D eigenvalue weighted by Gasteiger charge is -2.10. The van der Waals surface area contributed by atoms with Crippen LogP contribution in [0.1, 0.15) is 29.8 Å². The van der Waals surface area contributed by atoms with Crippen molar-refractivity contribution >= 4 is 17.6 Å². The standard InChI is InChI=1S/C20H26ClN7O/c1-5-22-20(24-12-17-13(2)26-28(4)14(17)3)23-10-9-18-25-19(27-29-18)15-7-6-8-16(21)11-15/h6-8,11H,5,9-10,12H2,1-4H3,(H2,22,23,24). The Hall–Kier alpha value is -2.87. The highest BCUT2D eigenvalue weighted by Crippen LogP contribution is 2.20. The Morgan fingerprint density at radius 1 is 1.28 bits per heavy atom. The molecule has 0 amide bonds. The Kier molecular flexibility index (Phi) is 6.87. The minimum atomic E-state index is 0.533. The van der Waals surface area contributed by atoms with Gasteiger partial charge in [0.2, 0.25) is 11.7 Å². The van der Waals surface area contributed by atoms with Gasteiger partial charge in [-0.1, -0.05) is 28.9 Å². The molecule has 2 N–H and O–H groups in total. The third-order valence-electron chi connectivity index (χ3n) is 4.58. The van der Waals surface area contributed by atoms with Crippen LogP contribution >= 0.6 is 11.6 Å². The highest BCUT2D eigenvalue weighted by Gasteiger charge is 2.11. The summed E-state index contributed by atoms with van der Waals surface area (Å²) in [5, 5.41) is 15.7. The smallest absolute Gasteiger partial charge is 0.228 e. The van der Waals surface area contributed by atoms with Crippen molar-refractivity contribution in [3.63, 3.8) is 0 Å². The van der Waals surface area contributed by atoms with E-state index in [2.05, 4.69) is 37.8 Å². The summed E-state index contributed by atoms with van der Waals surface area (Å²) in [5.74, 6) is 1.83. The number of hydrogen-bond donors (Lipinski definition) is 2. The topological polar surface area (TPSA) is 93.2 Å². The number of aryl methyl sites for hydroxylation is 2. The Morgan fingerprint density at radius 2 is 2.10 bits per heavy atom. The van der Waals surface area contributed by atoms with E-state index < -0.39 is 0 Å². The van der Waals surface area contributed by atoms with Crippen molar-refractivity contribution in [3.05, 3.63) is 52.1 Å². The molecule has 0 fully saturated rings. The van der Waals surface area contributed by atoms with Crippen LogP contribution in [-0.4, -0.2) is 39.0 Å². The number of benzene rings is 1. The van der Waals surface area contributed by atoms with E-state index in [1.165, 1.54) is 0 Å². The van der Waals surface area contributed by atoms with Crippen LogP contribution in [0.2, 0.25) is 5.02 Å². The molecule has 0 aliphatic heterocycles. The van der Waals surface area contributed by atoms with Crippen molar-refractivity contribution in [3.8, 4) is 11.4 Å². The summed E-state index contributed by atoms with van der Waals surface area (Å²) in [7, 11) is 1.95. The number of nitrogens with one attached hydrogen (secondary N) is 2. The zero-order valence-electron chi connectivity index (χ0n) is 17.2. The molecule has 0 saturated heterocycles. The molecule has 3 aromatic rings. The van der Waals surface area contributed by atoms with E-state index in [1.54, 1.807) is 0 Å². The fourth-order valence-corrected chi connectivity index (χ4v) is 3.13. The van der Waals surface area contributed by atoms with Crippen LogP contribution in [0.15, 0.2) is 33.8 Å². The zero-order chi connectivity index (χ0) is 20.8. The average Bonchev–Trinajstić information content (AvgIpc) is 3.25. The van der Waals surface area contributed by atoms with Crippen LogP contribution in [0.25, 0.3) is 11.4 Å². The summed E-state index contributed by atoms with van der Waals surface area (Å²) >= 11 is 6.02. The molecule has 0 unspecified atom stereocenters. The van der Waals surface area contributed by atoms with Crippen molar-refractivity contribution in [1.82, 2.24) is 30.6 Å². The highest BCUT2D eigenvalue weighted by atomic mass is 35.5. The van der Waals surface area contributed by atoms with Gasteiger partial charge < -0.3 is 15.2 Å². The van der Waals surface area contributed by atoms with Gasteiger partial charge in [-0.2, -0.15) is 10.1 Å². The fraction of sp³-hybridized carbons (Fsp3) is 0.400. The van der Waals surface area contributed by atoms with E-state index in [9.17, 15) is 0 Å². The second kappa shape index (κ2) is 9.56. The SMILES string of the molecule is CCNC(=NCc1c(C)nn(C)c1C)NCCc1nc(-c2cccc(Cl)c2)no1. The van der Waals surface area contributed by atoms with E-state index >= 15 is 0 Å². The average molecular weight is 416 g/mol. The zero-order valence-corrected chi connectivity index (χ0v) is 17.9. The first-order valence-corrected chi connectivity index (χ1v) is 9.95. The highest BCUT2D eigenvalue weighted by molar-refractivity contribution is 6.30. The van der Waals surface area contributed by atoms with Gasteiger partial charge in [0.1, 0.15) is 0 Å². The molecule has 2 aromatic heterocycles. The van der Waals surface area contributed by atoms with E-state index in [4.69, 9.17) is 16.1 Å². The maximum Gasteiger partial charge on any atom is 0.228 e. The Balaban J connectivity index is 1.58. The van der Waals surface area contributed by atoms with Crippen LogP contribution in [0.5, 0.6) is 0 Å². The van der Waals surface area contributed by atoms with Gasteiger partial charge in [0.25, 0.3) is 0 Å². The predicted octanol–water partition coefficient (Wildman–Crippen LogP) is 3.04. The third kappa shape index (κ3) is 5.35. The molecule has 0 spiro atoms. The molecule has 0 atom stereocenters. The largest absolute Gasteiger partial charge is 0.357 e. The van der Waals surface area contributed by atoms with Gasteiger partial charge in [-0.05, 0) is 32.9 Å². The van der Waals surface area contributed by atoms with Crippen LogP contribution in [0, 0.1) is 13.8 Å². The Bertz CT molecular complexity index is 993. The lowest BCUT2D eigenvalue weighted by Crippen LogP contribution is -2.38. The van der Waals surface area contributed by atoms with Crippen molar-refractivity contribution in [2.75, 3.05) is 13.1 Å². The van der Waals surface area contributed by atoms with Gasteiger partial charge >= 0.3 is 0 Å². The van der Waals surface area contributed by atoms with Crippen molar-refractivity contribution < 1.29 is 4.52 Å². The maximum absolute atomic E-state index is 6.02. The summed E-state index contributed by atoms with van der Waals surface area (Å²) in [4.78, 5) is 9.11. The number of rotatable bonds is 7. The first kappa shape index (κ1) is 20.9. The number of nitrogens with zero attached hydrogens (tertiary/aromatic N) is 5. The van der Waals surface area contributed by atoms with Crippen LogP contribution in [0.4, 0.5) is 0 Å². The minimum Gasteiger partial charge on any atom is -0.357 e. The maximum atomic E-state index is 6.02. The second-order valence-corrected chi connectivity index (χ2v) is 7.10. The molecular weight excluding hydrogens is 390 g/mol. The van der Waals surface area contributed by atoms with Crippen LogP contribution in [0.3, 0.4) is 0 Å². The lowest BCUT2D eigenvalue weighted by molar-refractivity contribution is 0.378. The van der Waals surface area contributed by atoms with Gasteiger partial charge in [0.05, 0.1) is 12.2 Å². The number of guanidine groups is 1. The summed E-state index contributed by atoms with van der Waals surface area (Å²) in [6.45, 7) is 8.06. The molecule has 0 saturated carbocycles. The molecule has 1 aromatic carbocycles. The van der Waals surface area contributed by atoms with E-state index in [0.29, 0.717) is 36.2 Å². The van der Waals surface area contributed by atoms with Gasteiger partial charge in [0.15, 0.2) is 5.96 Å². The van der Waals surface area contributed by atoms with Crippen LogP contribution in [-0.2, 0) is 20.0 Å². The van der Waals surface area contributed by atoms with E-state index in [-0.39, 0.29) is 0 Å². The first-order chi connectivity index (χ1) is 14.0. The molecule has 0 radical (unpaired) electrons. The second-order valence-electron chi connectivity index (χ2n) is 6.67. The summed E-state index contributed by atoms with van der Waals surface area (Å²) < 4.78 is 7.23. The number of hydrogen-bond acceptors (Lipinski definition) is 5. The molecule has 9 heteroatoms. The minimum absolute atomic E-state index is 0.533. The molecule has 154 valence electrons. The molecule has 3 rings (SSSR count). The molecular formula is C20H26ClN7O. The Labute approximate surface area is 175 Å². The van der Waals surface area contributed by atoms with Crippen LogP contribution < -0.4 is 10.6 Å². The van der Waals surface area contributed by atoms with Gasteiger partial charge in [-0.3, -0.25) is 4.68 Å². The van der Waals surface area contributed by atoms with Crippen molar-refractivity contribution in [1.29, 1.82) is 0 Å². The number of halogens is 1. The van der Waals surface area contributed by atoms with Gasteiger partial charge in [-0.15, -0.1) is 0 Å². The van der Waals surface area contributed by atoms with Gasteiger partial charge in [-0.25, -0.2) is 4.99 Å².